The Morgan fingerprint density at radius 1 is 1.21 bits per heavy atom. The monoisotopic (exact) mass is 322 g/mol. The molecule has 2 unspecified atom stereocenters. The zero-order valence-corrected chi connectivity index (χ0v) is 13.2. The molecule has 3 rings (SSSR count). The van der Waals surface area contributed by atoms with Crippen molar-refractivity contribution < 1.29 is 0 Å². The molecule has 104 valence electrons. The summed E-state index contributed by atoms with van der Waals surface area (Å²) >= 11 is 3.50. The number of hydrogen-bond donors (Lipinski definition) is 1. The molecule has 0 radical (unpaired) electrons. The molecule has 1 aromatic carbocycles. The van der Waals surface area contributed by atoms with Crippen molar-refractivity contribution in [2.24, 2.45) is 0 Å². The molecule has 19 heavy (non-hydrogen) atoms. The van der Waals surface area contributed by atoms with Crippen LogP contribution in [0.15, 0.2) is 28.7 Å². The largest absolute Gasteiger partial charge is 0.307 e. The van der Waals surface area contributed by atoms with E-state index in [9.17, 15) is 0 Å². The minimum Gasteiger partial charge on any atom is -0.307 e. The van der Waals surface area contributed by atoms with E-state index in [1.54, 1.807) is 0 Å². The maximum Gasteiger partial charge on any atom is 0.0294 e. The molecule has 2 saturated heterocycles. The van der Waals surface area contributed by atoms with Gasteiger partial charge in [0.15, 0.2) is 0 Å². The Kier molecular flexibility index (Phi) is 4.25. The van der Waals surface area contributed by atoms with Crippen molar-refractivity contribution >= 4 is 15.9 Å². The third-order valence-electron chi connectivity index (χ3n) is 4.68. The van der Waals surface area contributed by atoms with Crippen LogP contribution in [0.2, 0.25) is 0 Å². The first-order valence-corrected chi connectivity index (χ1v) is 8.27. The van der Waals surface area contributed by atoms with Crippen molar-refractivity contribution in [1.29, 1.82) is 0 Å². The first-order chi connectivity index (χ1) is 9.22. The van der Waals surface area contributed by atoms with E-state index in [4.69, 9.17) is 0 Å². The quantitative estimate of drug-likeness (QED) is 0.912. The molecule has 0 spiro atoms. The molecule has 2 nitrogen and oxygen atoms in total. The zero-order valence-electron chi connectivity index (χ0n) is 11.6. The molecule has 2 heterocycles. The van der Waals surface area contributed by atoms with E-state index in [-0.39, 0.29) is 0 Å². The third-order valence-corrected chi connectivity index (χ3v) is 5.20. The molecule has 0 saturated carbocycles. The summed E-state index contributed by atoms with van der Waals surface area (Å²) in [6.07, 6.45) is 5.45. The first-order valence-electron chi connectivity index (χ1n) is 7.48. The van der Waals surface area contributed by atoms with Crippen LogP contribution in [0.4, 0.5) is 0 Å². The van der Waals surface area contributed by atoms with Crippen molar-refractivity contribution in [3.05, 3.63) is 34.3 Å². The van der Waals surface area contributed by atoms with Gasteiger partial charge < -0.3 is 10.2 Å². The maximum absolute atomic E-state index is 3.83. The summed E-state index contributed by atoms with van der Waals surface area (Å²) in [5.41, 5.74) is 1.39. The van der Waals surface area contributed by atoms with Crippen LogP contribution in [0.5, 0.6) is 0 Å². The topological polar surface area (TPSA) is 15.3 Å². The lowest BCUT2D eigenvalue weighted by molar-refractivity contribution is 0.162. The third kappa shape index (κ3) is 3.21. The van der Waals surface area contributed by atoms with E-state index in [1.807, 2.05) is 0 Å². The molecule has 0 bridgehead atoms. The number of benzene rings is 1. The van der Waals surface area contributed by atoms with Crippen molar-refractivity contribution in [2.45, 2.75) is 50.7 Å². The summed E-state index contributed by atoms with van der Waals surface area (Å²) in [6.45, 7) is 4.90. The number of hydrogen-bond acceptors (Lipinski definition) is 2. The van der Waals surface area contributed by atoms with E-state index < -0.39 is 0 Å². The molecule has 2 aliphatic rings. The van der Waals surface area contributed by atoms with Crippen molar-refractivity contribution in [3.63, 3.8) is 0 Å². The van der Waals surface area contributed by atoms with Crippen LogP contribution in [-0.4, -0.2) is 30.1 Å². The Morgan fingerprint density at radius 2 is 2.00 bits per heavy atom. The Labute approximate surface area is 124 Å². The van der Waals surface area contributed by atoms with Gasteiger partial charge in [-0.3, -0.25) is 0 Å². The molecule has 1 aromatic rings. The number of piperidine rings is 1. The average Bonchev–Trinajstić information content (AvgIpc) is 2.87. The van der Waals surface area contributed by atoms with E-state index in [0.717, 1.165) is 10.5 Å². The van der Waals surface area contributed by atoms with E-state index in [2.05, 4.69) is 57.3 Å². The van der Waals surface area contributed by atoms with Gasteiger partial charge in [0.2, 0.25) is 0 Å². The lowest BCUT2D eigenvalue weighted by Gasteiger charge is -2.36. The maximum atomic E-state index is 3.83. The van der Waals surface area contributed by atoms with Crippen LogP contribution >= 0.6 is 15.9 Å². The van der Waals surface area contributed by atoms with Crippen LogP contribution in [-0.2, 0) is 0 Å². The summed E-state index contributed by atoms with van der Waals surface area (Å²) in [5, 5.41) is 3.83. The van der Waals surface area contributed by atoms with Gasteiger partial charge in [-0.2, -0.15) is 0 Å². The average molecular weight is 323 g/mol. The van der Waals surface area contributed by atoms with Gasteiger partial charge in [-0.1, -0.05) is 28.1 Å². The lowest BCUT2D eigenvalue weighted by atomic mass is 9.96. The molecule has 1 N–H and O–H groups in total. The highest BCUT2D eigenvalue weighted by atomic mass is 79.9. The molecule has 3 heteroatoms. The minimum absolute atomic E-state index is 0.450. The Balaban J connectivity index is 1.57. The Hall–Kier alpha value is -0.380. The fraction of sp³-hybridized carbons (Fsp3) is 0.625. The summed E-state index contributed by atoms with van der Waals surface area (Å²) in [6, 6.07) is 10.7. The van der Waals surface area contributed by atoms with Gasteiger partial charge in [0.25, 0.3) is 0 Å². The number of fused-ring (bicyclic) bond motifs is 1. The van der Waals surface area contributed by atoms with Gasteiger partial charge >= 0.3 is 0 Å². The van der Waals surface area contributed by atoms with Gasteiger partial charge in [0.05, 0.1) is 0 Å². The van der Waals surface area contributed by atoms with Crippen molar-refractivity contribution in [2.75, 3.05) is 13.1 Å². The molecule has 0 aliphatic carbocycles. The van der Waals surface area contributed by atoms with Crippen molar-refractivity contribution in [3.8, 4) is 0 Å². The molecule has 2 fully saturated rings. The fourth-order valence-electron chi connectivity index (χ4n) is 3.58. The van der Waals surface area contributed by atoms with Crippen LogP contribution < -0.4 is 5.32 Å². The SMILES string of the molecule is C[C@H](NC1CCN2CCCC2C1)c1ccc(Br)cc1. The van der Waals surface area contributed by atoms with Gasteiger partial charge in [0.1, 0.15) is 0 Å². The second-order valence-electron chi connectivity index (χ2n) is 5.99. The lowest BCUT2D eigenvalue weighted by Crippen LogP contribution is -2.46. The zero-order chi connectivity index (χ0) is 13.2. The smallest absolute Gasteiger partial charge is 0.0294 e. The molecular weight excluding hydrogens is 300 g/mol. The summed E-state index contributed by atoms with van der Waals surface area (Å²) in [7, 11) is 0. The van der Waals surface area contributed by atoms with Crippen LogP contribution in [0, 0.1) is 0 Å². The highest BCUT2D eigenvalue weighted by molar-refractivity contribution is 9.10. The first kappa shape index (κ1) is 13.6. The highest BCUT2D eigenvalue weighted by Gasteiger charge is 2.31. The van der Waals surface area contributed by atoms with Gasteiger partial charge in [-0.05, 0) is 63.4 Å². The number of nitrogens with zero attached hydrogens (tertiary/aromatic N) is 1. The van der Waals surface area contributed by atoms with E-state index in [1.165, 1.54) is 44.3 Å². The predicted molar refractivity (Wildman–Crippen MR) is 83.3 cm³/mol. The fourth-order valence-corrected chi connectivity index (χ4v) is 3.84. The second-order valence-corrected chi connectivity index (χ2v) is 6.91. The standard InChI is InChI=1S/C16H23BrN2/c1-12(13-4-6-14(17)7-5-13)18-15-8-10-19-9-2-3-16(19)11-15/h4-7,12,15-16,18H,2-3,8-11H2,1H3/t12-,15?,16?/m0/s1. The molecule has 0 amide bonds. The molecule has 0 aromatic heterocycles. The van der Waals surface area contributed by atoms with E-state index >= 15 is 0 Å². The number of halogens is 1. The Morgan fingerprint density at radius 3 is 2.79 bits per heavy atom. The predicted octanol–water partition coefficient (Wildman–Crippen LogP) is 3.73. The normalized spacial score (nSPS) is 29.2. The highest BCUT2D eigenvalue weighted by Crippen LogP contribution is 2.28. The van der Waals surface area contributed by atoms with Crippen molar-refractivity contribution in [1.82, 2.24) is 10.2 Å². The van der Waals surface area contributed by atoms with Gasteiger partial charge in [-0.25, -0.2) is 0 Å². The van der Waals surface area contributed by atoms with Gasteiger partial charge in [0, 0.05) is 22.6 Å². The molecule has 2 aliphatic heterocycles. The minimum atomic E-state index is 0.450. The summed E-state index contributed by atoms with van der Waals surface area (Å²) in [4.78, 5) is 2.68. The van der Waals surface area contributed by atoms with E-state index in [0.29, 0.717) is 12.1 Å². The summed E-state index contributed by atoms with van der Waals surface area (Å²) in [5.74, 6) is 0. The van der Waals surface area contributed by atoms with Crippen LogP contribution in [0.3, 0.4) is 0 Å². The number of rotatable bonds is 3. The van der Waals surface area contributed by atoms with Gasteiger partial charge in [-0.15, -0.1) is 0 Å². The van der Waals surface area contributed by atoms with Crippen LogP contribution in [0.1, 0.15) is 44.2 Å². The molecular formula is C16H23BrN2. The van der Waals surface area contributed by atoms with Crippen LogP contribution in [0.25, 0.3) is 0 Å². The molecule has 3 atom stereocenters. The summed E-state index contributed by atoms with van der Waals surface area (Å²) < 4.78 is 1.16. The Bertz CT molecular complexity index is 417. The number of nitrogens with one attached hydrogen (secondary N) is 1. The second kappa shape index (κ2) is 5.94.